The van der Waals surface area contributed by atoms with E-state index in [4.69, 9.17) is 11.6 Å². The van der Waals surface area contributed by atoms with Crippen LogP contribution >= 0.6 is 11.6 Å². The molecular weight excluding hydrogens is 172 g/mol. The molecule has 0 heterocycles. The van der Waals surface area contributed by atoms with Crippen LogP contribution in [0.15, 0.2) is 11.6 Å². The van der Waals surface area contributed by atoms with E-state index in [1.165, 1.54) is 0 Å². The molecule has 12 heavy (non-hydrogen) atoms. The Balaban J connectivity index is 2.72. The monoisotopic (exact) mass is 188 g/mol. The molecule has 0 bridgehead atoms. The van der Waals surface area contributed by atoms with Crippen molar-refractivity contribution in [3.8, 4) is 0 Å². The Kier molecular flexibility index (Phi) is 3.19. The van der Waals surface area contributed by atoms with Gasteiger partial charge < -0.3 is 5.11 Å². The predicted molar refractivity (Wildman–Crippen MR) is 52.5 cm³/mol. The topological polar surface area (TPSA) is 20.2 Å². The standard InChI is InChI=1S/C10H17ClO/c1-8(2)7-10(12)6-4-3-5-9(10)11/h7,9,12H,3-6H2,1-2H3. The molecule has 1 rings (SSSR count). The summed E-state index contributed by atoms with van der Waals surface area (Å²) in [5.74, 6) is 0. The van der Waals surface area contributed by atoms with E-state index in [1.807, 2.05) is 19.9 Å². The summed E-state index contributed by atoms with van der Waals surface area (Å²) in [6, 6.07) is 0. The zero-order chi connectivity index (χ0) is 9.19. The van der Waals surface area contributed by atoms with Crippen molar-refractivity contribution in [3.63, 3.8) is 0 Å². The van der Waals surface area contributed by atoms with Gasteiger partial charge in [0.25, 0.3) is 0 Å². The zero-order valence-corrected chi connectivity index (χ0v) is 8.56. The van der Waals surface area contributed by atoms with Crippen molar-refractivity contribution in [1.82, 2.24) is 0 Å². The van der Waals surface area contributed by atoms with E-state index in [-0.39, 0.29) is 5.38 Å². The highest BCUT2D eigenvalue weighted by molar-refractivity contribution is 6.21. The second kappa shape index (κ2) is 3.80. The Morgan fingerprint density at radius 2 is 2.17 bits per heavy atom. The molecule has 1 N–H and O–H groups in total. The fraction of sp³-hybridized carbons (Fsp3) is 0.800. The molecule has 1 fully saturated rings. The first-order chi connectivity index (χ1) is 5.54. The minimum absolute atomic E-state index is 0.0962. The van der Waals surface area contributed by atoms with Gasteiger partial charge in [0.1, 0.15) is 0 Å². The molecule has 0 aromatic rings. The summed E-state index contributed by atoms with van der Waals surface area (Å²) >= 11 is 6.07. The maximum atomic E-state index is 10.1. The molecule has 2 atom stereocenters. The average Bonchev–Trinajstić information content (AvgIpc) is 1.94. The smallest absolute Gasteiger partial charge is 0.0992 e. The summed E-state index contributed by atoms with van der Waals surface area (Å²) < 4.78 is 0. The Hall–Kier alpha value is -0.0100. The molecule has 70 valence electrons. The second-order valence-corrected chi connectivity index (χ2v) is 4.45. The third kappa shape index (κ3) is 2.24. The van der Waals surface area contributed by atoms with Crippen LogP contribution in [-0.4, -0.2) is 16.1 Å². The largest absolute Gasteiger partial charge is 0.384 e. The van der Waals surface area contributed by atoms with E-state index in [9.17, 15) is 5.11 Å². The number of halogens is 1. The lowest BCUT2D eigenvalue weighted by atomic mass is 9.83. The summed E-state index contributed by atoms with van der Waals surface area (Å²) in [6.45, 7) is 3.99. The van der Waals surface area contributed by atoms with E-state index in [0.717, 1.165) is 31.3 Å². The average molecular weight is 189 g/mol. The van der Waals surface area contributed by atoms with Gasteiger partial charge in [0.05, 0.1) is 11.0 Å². The van der Waals surface area contributed by atoms with Gasteiger partial charge >= 0.3 is 0 Å². The molecule has 1 aliphatic carbocycles. The van der Waals surface area contributed by atoms with Crippen LogP contribution in [0.5, 0.6) is 0 Å². The third-order valence-corrected chi connectivity index (χ3v) is 2.96. The molecule has 1 nitrogen and oxygen atoms in total. The molecule has 2 heteroatoms. The summed E-state index contributed by atoms with van der Waals surface area (Å²) in [5, 5.41) is 10.0. The second-order valence-electron chi connectivity index (χ2n) is 3.93. The minimum atomic E-state index is -0.737. The maximum Gasteiger partial charge on any atom is 0.0992 e. The fourth-order valence-electron chi connectivity index (χ4n) is 1.80. The van der Waals surface area contributed by atoms with Gasteiger partial charge in [-0.05, 0) is 26.7 Å². The minimum Gasteiger partial charge on any atom is -0.384 e. The Labute approximate surface area is 79.4 Å². The normalized spacial score (nSPS) is 36.2. The van der Waals surface area contributed by atoms with Crippen LogP contribution < -0.4 is 0 Å². The van der Waals surface area contributed by atoms with Crippen LogP contribution in [0.4, 0.5) is 0 Å². The lowest BCUT2D eigenvalue weighted by Gasteiger charge is -2.34. The van der Waals surface area contributed by atoms with Gasteiger partial charge in [-0.25, -0.2) is 0 Å². The first-order valence-corrected chi connectivity index (χ1v) is 5.01. The number of alkyl halides is 1. The van der Waals surface area contributed by atoms with Crippen LogP contribution in [0.2, 0.25) is 0 Å². The van der Waals surface area contributed by atoms with Crippen LogP contribution in [0.1, 0.15) is 39.5 Å². The highest BCUT2D eigenvalue weighted by Crippen LogP contribution is 2.34. The van der Waals surface area contributed by atoms with Crippen LogP contribution in [0.25, 0.3) is 0 Å². The van der Waals surface area contributed by atoms with Crippen LogP contribution in [-0.2, 0) is 0 Å². The van der Waals surface area contributed by atoms with E-state index in [0.29, 0.717) is 0 Å². The first-order valence-electron chi connectivity index (χ1n) is 4.57. The molecule has 1 aliphatic rings. The SMILES string of the molecule is CC(C)=CC1(O)CCCCC1Cl. The lowest BCUT2D eigenvalue weighted by molar-refractivity contribution is 0.0549. The molecule has 0 amide bonds. The molecule has 0 spiro atoms. The molecule has 1 saturated carbocycles. The van der Waals surface area contributed by atoms with Gasteiger partial charge in [0.15, 0.2) is 0 Å². The van der Waals surface area contributed by atoms with Gasteiger partial charge in [-0.3, -0.25) is 0 Å². The number of hydrogen-bond donors (Lipinski definition) is 1. The summed E-state index contributed by atoms with van der Waals surface area (Å²) in [6.07, 6.45) is 5.88. The Bertz CT molecular complexity index is 184. The number of allylic oxidation sites excluding steroid dienone is 1. The number of hydrogen-bond acceptors (Lipinski definition) is 1. The van der Waals surface area contributed by atoms with Crippen molar-refractivity contribution in [2.75, 3.05) is 0 Å². The van der Waals surface area contributed by atoms with Crippen molar-refractivity contribution in [2.45, 2.75) is 50.5 Å². The molecule has 2 unspecified atom stereocenters. The highest BCUT2D eigenvalue weighted by atomic mass is 35.5. The molecule has 0 aromatic heterocycles. The molecule has 0 saturated heterocycles. The molecule has 0 radical (unpaired) electrons. The van der Waals surface area contributed by atoms with Gasteiger partial charge in [0.2, 0.25) is 0 Å². The van der Waals surface area contributed by atoms with Crippen molar-refractivity contribution in [1.29, 1.82) is 0 Å². The van der Waals surface area contributed by atoms with Crippen molar-refractivity contribution < 1.29 is 5.11 Å². The third-order valence-electron chi connectivity index (χ3n) is 2.37. The van der Waals surface area contributed by atoms with Crippen molar-refractivity contribution in [2.24, 2.45) is 0 Å². The van der Waals surface area contributed by atoms with Gasteiger partial charge in [-0.2, -0.15) is 0 Å². The zero-order valence-electron chi connectivity index (χ0n) is 7.81. The van der Waals surface area contributed by atoms with Gasteiger partial charge in [-0.15, -0.1) is 11.6 Å². The van der Waals surface area contributed by atoms with E-state index in [1.54, 1.807) is 0 Å². The van der Waals surface area contributed by atoms with Crippen LogP contribution in [0, 0.1) is 0 Å². The first kappa shape index (κ1) is 10.1. The van der Waals surface area contributed by atoms with Gasteiger partial charge in [-0.1, -0.05) is 24.5 Å². The van der Waals surface area contributed by atoms with E-state index in [2.05, 4.69) is 0 Å². The van der Waals surface area contributed by atoms with E-state index < -0.39 is 5.60 Å². The lowest BCUT2D eigenvalue weighted by Crippen LogP contribution is -2.39. The number of aliphatic hydroxyl groups is 1. The maximum absolute atomic E-state index is 10.1. The fourth-order valence-corrected chi connectivity index (χ4v) is 2.13. The molecule has 0 aliphatic heterocycles. The summed E-state index contributed by atoms with van der Waals surface area (Å²) in [7, 11) is 0. The Morgan fingerprint density at radius 1 is 1.50 bits per heavy atom. The Morgan fingerprint density at radius 3 is 2.67 bits per heavy atom. The molecule has 0 aromatic carbocycles. The van der Waals surface area contributed by atoms with Crippen molar-refractivity contribution >= 4 is 11.6 Å². The highest BCUT2D eigenvalue weighted by Gasteiger charge is 2.35. The quantitative estimate of drug-likeness (QED) is 0.496. The molecular formula is C10H17ClO. The number of rotatable bonds is 1. The van der Waals surface area contributed by atoms with E-state index >= 15 is 0 Å². The van der Waals surface area contributed by atoms with Crippen LogP contribution in [0.3, 0.4) is 0 Å². The van der Waals surface area contributed by atoms with Gasteiger partial charge in [0, 0.05) is 0 Å². The summed E-state index contributed by atoms with van der Waals surface area (Å²) in [5.41, 5.74) is 0.406. The predicted octanol–water partition coefficient (Wildman–Crippen LogP) is 2.87. The van der Waals surface area contributed by atoms with Crippen molar-refractivity contribution in [3.05, 3.63) is 11.6 Å². The summed E-state index contributed by atoms with van der Waals surface area (Å²) in [4.78, 5) is 0.